The van der Waals surface area contributed by atoms with E-state index in [-0.39, 0.29) is 10.8 Å². The van der Waals surface area contributed by atoms with Gasteiger partial charge in [-0.3, -0.25) is 4.72 Å². The Morgan fingerprint density at radius 3 is 2.32 bits per heavy atom. The molecule has 1 N–H and O–H groups in total. The van der Waals surface area contributed by atoms with Gasteiger partial charge in [-0.2, -0.15) is 0 Å². The van der Waals surface area contributed by atoms with Gasteiger partial charge in [0.15, 0.2) is 0 Å². The lowest BCUT2D eigenvalue weighted by molar-refractivity contribution is 0.724. The summed E-state index contributed by atoms with van der Waals surface area (Å²) in [5, 5.41) is 1.33. The van der Waals surface area contributed by atoms with Crippen LogP contribution in [-0.2, 0) is 0 Å². The van der Waals surface area contributed by atoms with Crippen LogP contribution in [0.15, 0.2) is 72.9 Å². The van der Waals surface area contributed by atoms with Crippen LogP contribution < -0.4 is 4.72 Å². The number of halogens is 1. The van der Waals surface area contributed by atoms with Crippen molar-refractivity contribution >= 4 is 34.5 Å². The lowest BCUT2D eigenvalue weighted by atomic mass is 9.96. The molecule has 4 aromatic rings. The number of fused-ring (bicyclic) bond motifs is 1. The summed E-state index contributed by atoms with van der Waals surface area (Å²) >= 11 is 8.13. The SMILES string of the molecule is C[C@@H](NSC(C)(C)C)c1ccc(-c2nc3ccnc(Cl)c3cc2-c2ccccc2)cc1. The number of benzene rings is 2. The largest absolute Gasteiger partial charge is 0.256 e. The quantitative estimate of drug-likeness (QED) is 0.251. The number of nitrogens with zero attached hydrogens (tertiary/aromatic N) is 2. The van der Waals surface area contributed by atoms with E-state index in [9.17, 15) is 0 Å². The van der Waals surface area contributed by atoms with E-state index in [1.807, 2.05) is 24.3 Å². The number of nitrogens with one attached hydrogen (secondary N) is 1. The smallest absolute Gasteiger partial charge is 0.138 e. The zero-order valence-electron chi connectivity index (χ0n) is 18.2. The molecule has 0 amide bonds. The Bertz CT molecular complexity index is 1190. The lowest BCUT2D eigenvalue weighted by Gasteiger charge is -2.22. The van der Waals surface area contributed by atoms with Crippen LogP contribution in [0.2, 0.25) is 5.15 Å². The van der Waals surface area contributed by atoms with Crippen LogP contribution in [0.1, 0.15) is 39.3 Å². The maximum Gasteiger partial charge on any atom is 0.138 e. The van der Waals surface area contributed by atoms with Crippen LogP contribution in [-0.4, -0.2) is 14.7 Å². The highest BCUT2D eigenvalue weighted by molar-refractivity contribution is 7.98. The molecule has 1 atom stereocenters. The molecule has 0 unspecified atom stereocenters. The van der Waals surface area contributed by atoms with Crippen LogP contribution in [0, 0.1) is 0 Å². The van der Waals surface area contributed by atoms with E-state index >= 15 is 0 Å². The van der Waals surface area contributed by atoms with Crippen LogP contribution in [0.3, 0.4) is 0 Å². The first-order valence-corrected chi connectivity index (χ1v) is 11.6. The number of hydrogen-bond donors (Lipinski definition) is 1. The predicted molar refractivity (Wildman–Crippen MR) is 134 cm³/mol. The first-order chi connectivity index (χ1) is 14.8. The second-order valence-corrected chi connectivity index (χ2v) is 10.6. The molecule has 0 fully saturated rings. The topological polar surface area (TPSA) is 37.8 Å². The highest BCUT2D eigenvalue weighted by Gasteiger charge is 2.16. The van der Waals surface area contributed by atoms with Crippen molar-refractivity contribution in [3.63, 3.8) is 0 Å². The average molecular weight is 448 g/mol. The summed E-state index contributed by atoms with van der Waals surface area (Å²) < 4.78 is 3.72. The average Bonchev–Trinajstić information content (AvgIpc) is 2.77. The number of pyridine rings is 2. The Morgan fingerprint density at radius 1 is 0.935 bits per heavy atom. The summed E-state index contributed by atoms with van der Waals surface area (Å²) in [6, 6.07) is 23.2. The molecule has 31 heavy (non-hydrogen) atoms. The van der Waals surface area contributed by atoms with E-state index in [4.69, 9.17) is 16.6 Å². The molecule has 2 aromatic carbocycles. The molecule has 158 valence electrons. The minimum Gasteiger partial charge on any atom is -0.256 e. The molecule has 0 bridgehead atoms. The van der Waals surface area contributed by atoms with Gasteiger partial charge in [-0.15, -0.1) is 0 Å². The van der Waals surface area contributed by atoms with Gasteiger partial charge in [0.2, 0.25) is 0 Å². The van der Waals surface area contributed by atoms with Crippen molar-refractivity contribution in [2.45, 2.75) is 38.5 Å². The molecule has 2 aromatic heterocycles. The molecule has 0 aliphatic rings. The maximum absolute atomic E-state index is 6.37. The van der Waals surface area contributed by atoms with E-state index in [0.717, 1.165) is 33.3 Å². The maximum atomic E-state index is 6.37. The molecule has 5 heteroatoms. The monoisotopic (exact) mass is 447 g/mol. The Balaban J connectivity index is 1.75. The first-order valence-electron chi connectivity index (χ1n) is 10.4. The third-order valence-corrected chi connectivity index (χ3v) is 6.39. The van der Waals surface area contributed by atoms with Crippen molar-refractivity contribution in [2.24, 2.45) is 0 Å². The lowest BCUT2D eigenvalue weighted by Crippen LogP contribution is -2.19. The van der Waals surface area contributed by atoms with Crippen LogP contribution in [0.25, 0.3) is 33.3 Å². The molecule has 0 saturated carbocycles. The highest BCUT2D eigenvalue weighted by Crippen LogP contribution is 2.35. The van der Waals surface area contributed by atoms with E-state index in [2.05, 4.69) is 79.9 Å². The molecule has 0 aliphatic heterocycles. The van der Waals surface area contributed by atoms with Crippen LogP contribution >= 0.6 is 23.5 Å². The Morgan fingerprint density at radius 2 is 1.65 bits per heavy atom. The second-order valence-electron chi connectivity index (χ2n) is 8.59. The summed E-state index contributed by atoms with van der Waals surface area (Å²) in [6.07, 6.45) is 1.70. The Hall–Kier alpha value is -2.40. The highest BCUT2D eigenvalue weighted by atomic mass is 35.5. The van der Waals surface area contributed by atoms with Gasteiger partial charge in [0.05, 0.1) is 11.2 Å². The standard InChI is InChI=1S/C26H26ClN3S/c1-17(30-31-26(2,3)4)18-10-12-20(13-11-18)24-21(19-8-6-5-7-9-19)16-22-23(29-24)14-15-28-25(22)27/h5-17,30H,1-4H3/t17-/m1/s1. The van der Waals surface area contributed by atoms with E-state index in [1.54, 1.807) is 18.1 Å². The van der Waals surface area contributed by atoms with E-state index in [0.29, 0.717) is 5.15 Å². The van der Waals surface area contributed by atoms with Gasteiger partial charge in [-0.1, -0.05) is 78.1 Å². The van der Waals surface area contributed by atoms with E-state index < -0.39 is 0 Å². The molecule has 3 nitrogen and oxygen atoms in total. The molecule has 0 saturated heterocycles. The summed E-state index contributed by atoms with van der Waals surface area (Å²) in [5.41, 5.74) is 6.26. The summed E-state index contributed by atoms with van der Waals surface area (Å²) in [5.74, 6) is 0. The predicted octanol–water partition coefficient (Wildman–Crippen LogP) is 7.71. The van der Waals surface area contributed by atoms with Gasteiger partial charge in [0, 0.05) is 33.5 Å². The van der Waals surface area contributed by atoms with Gasteiger partial charge >= 0.3 is 0 Å². The molecule has 0 spiro atoms. The molecule has 4 rings (SSSR count). The molecular formula is C26H26ClN3S. The number of rotatable bonds is 5. The second kappa shape index (κ2) is 8.99. The van der Waals surface area contributed by atoms with Gasteiger partial charge < -0.3 is 0 Å². The zero-order chi connectivity index (χ0) is 22.0. The molecule has 2 heterocycles. The minimum absolute atomic E-state index is 0.171. The zero-order valence-corrected chi connectivity index (χ0v) is 19.8. The molecule has 0 aliphatic carbocycles. The van der Waals surface area contributed by atoms with Crippen molar-refractivity contribution in [1.82, 2.24) is 14.7 Å². The van der Waals surface area contributed by atoms with Crippen molar-refractivity contribution in [2.75, 3.05) is 0 Å². The van der Waals surface area contributed by atoms with E-state index in [1.165, 1.54) is 5.56 Å². The Kier molecular flexibility index (Phi) is 6.33. The van der Waals surface area contributed by atoms with Crippen molar-refractivity contribution < 1.29 is 0 Å². The fourth-order valence-corrected chi connectivity index (χ4v) is 4.26. The summed E-state index contributed by atoms with van der Waals surface area (Å²) in [4.78, 5) is 9.21. The van der Waals surface area contributed by atoms with Crippen molar-refractivity contribution in [3.05, 3.63) is 83.6 Å². The van der Waals surface area contributed by atoms with Gasteiger partial charge in [0.1, 0.15) is 5.15 Å². The summed E-state index contributed by atoms with van der Waals surface area (Å²) in [6.45, 7) is 8.81. The van der Waals surface area contributed by atoms with Crippen molar-refractivity contribution in [1.29, 1.82) is 0 Å². The van der Waals surface area contributed by atoms with Crippen LogP contribution in [0.5, 0.6) is 0 Å². The van der Waals surface area contributed by atoms with Crippen molar-refractivity contribution in [3.8, 4) is 22.4 Å². The first kappa shape index (κ1) is 21.8. The molecule has 0 radical (unpaired) electrons. The normalized spacial score (nSPS) is 12.8. The fourth-order valence-electron chi connectivity index (χ4n) is 3.38. The molecular weight excluding hydrogens is 422 g/mol. The Labute approximate surface area is 193 Å². The van der Waals surface area contributed by atoms with Crippen LogP contribution in [0.4, 0.5) is 0 Å². The number of aromatic nitrogens is 2. The third kappa shape index (κ3) is 5.09. The van der Waals surface area contributed by atoms with Gasteiger partial charge in [-0.05, 0) is 51.0 Å². The minimum atomic E-state index is 0.171. The van der Waals surface area contributed by atoms with Gasteiger partial charge in [0.25, 0.3) is 0 Å². The van der Waals surface area contributed by atoms with Gasteiger partial charge in [-0.25, -0.2) is 9.97 Å². The number of hydrogen-bond acceptors (Lipinski definition) is 4. The summed E-state index contributed by atoms with van der Waals surface area (Å²) in [7, 11) is 0. The fraction of sp³-hybridized carbons (Fsp3) is 0.231. The third-order valence-electron chi connectivity index (χ3n) is 5.01.